The second kappa shape index (κ2) is 12.5. The molecule has 11 heteroatoms. The second-order valence-corrected chi connectivity index (χ2v) is 6.65. The number of aromatic nitrogens is 1. The Kier molecular flexibility index (Phi) is 13.1. The lowest BCUT2D eigenvalue weighted by molar-refractivity contribution is -0.137. The van der Waals surface area contributed by atoms with Gasteiger partial charge in [-0.2, -0.15) is 13.2 Å². The quantitative estimate of drug-likeness (QED) is 0.618. The molecule has 1 atom stereocenters. The van der Waals surface area contributed by atoms with Crippen LogP contribution in [0, 0.1) is 5.92 Å². The monoisotopic (exact) mass is 452 g/mol. The first-order chi connectivity index (χ1) is 11.5. The van der Waals surface area contributed by atoms with Crippen molar-refractivity contribution >= 4 is 48.1 Å². The predicted octanol–water partition coefficient (Wildman–Crippen LogP) is 4.23. The highest BCUT2D eigenvalue weighted by Gasteiger charge is 2.31. The molecule has 1 aromatic rings. The van der Waals surface area contributed by atoms with Gasteiger partial charge in [0.25, 0.3) is 0 Å². The zero-order chi connectivity index (χ0) is 19.2. The van der Waals surface area contributed by atoms with Crippen LogP contribution in [0.2, 0.25) is 5.02 Å². The normalized spacial score (nSPS) is 12.0. The van der Waals surface area contributed by atoms with Crippen LogP contribution >= 0.6 is 36.4 Å². The summed E-state index contributed by atoms with van der Waals surface area (Å²) in [6.45, 7) is 4.82. The number of carbonyl (C=O) groups excluding carboxylic acids is 1. The van der Waals surface area contributed by atoms with Crippen molar-refractivity contribution in [2.45, 2.75) is 38.9 Å². The van der Waals surface area contributed by atoms with Gasteiger partial charge in [0.2, 0.25) is 5.91 Å². The number of carbonyl (C=O) groups is 1. The van der Waals surface area contributed by atoms with Crippen molar-refractivity contribution in [1.29, 1.82) is 0 Å². The molecule has 5 nitrogen and oxygen atoms in total. The maximum Gasteiger partial charge on any atom is 0.417 e. The molecule has 3 N–H and O–H groups in total. The minimum Gasteiger partial charge on any atom is -0.368 e. The van der Waals surface area contributed by atoms with Gasteiger partial charge >= 0.3 is 6.18 Å². The lowest BCUT2D eigenvalue weighted by Gasteiger charge is -2.21. The minimum absolute atomic E-state index is 0. The number of alkyl halides is 3. The van der Waals surface area contributed by atoms with Crippen molar-refractivity contribution in [3.8, 4) is 0 Å². The molecule has 1 rings (SSSR count). The number of pyridine rings is 1. The highest BCUT2D eigenvalue weighted by atomic mass is 35.5. The van der Waals surface area contributed by atoms with Crippen molar-refractivity contribution in [3.05, 3.63) is 22.8 Å². The van der Waals surface area contributed by atoms with E-state index >= 15 is 0 Å². The summed E-state index contributed by atoms with van der Waals surface area (Å²) >= 11 is 5.79. The van der Waals surface area contributed by atoms with Crippen LogP contribution in [0.25, 0.3) is 0 Å². The van der Waals surface area contributed by atoms with Crippen LogP contribution in [0.4, 0.5) is 19.0 Å². The summed E-state index contributed by atoms with van der Waals surface area (Å²) in [5.41, 5.74) is 5.03. The Balaban J connectivity index is 0. The Labute approximate surface area is 175 Å². The van der Waals surface area contributed by atoms with Crippen LogP contribution in [0.15, 0.2) is 12.3 Å². The number of hydrogen-bond donors (Lipinski definition) is 2. The first kappa shape index (κ1) is 28.3. The molecule has 0 radical (unpaired) electrons. The number of rotatable bonds is 8. The van der Waals surface area contributed by atoms with Crippen LogP contribution in [-0.4, -0.2) is 42.0 Å². The number of amides is 1. The Morgan fingerprint density at radius 3 is 2.44 bits per heavy atom. The topological polar surface area (TPSA) is 71.2 Å². The van der Waals surface area contributed by atoms with Gasteiger partial charge in [0.05, 0.1) is 10.6 Å². The molecule has 0 aliphatic heterocycles. The van der Waals surface area contributed by atoms with Crippen LogP contribution in [0.5, 0.6) is 0 Å². The zero-order valence-electron chi connectivity index (χ0n) is 15.3. The molecule has 1 aromatic heterocycles. The Morgan fingerprint density at radius 2 is 1.96 bits per heavy atom. The summed E-state index contributed by atoms with van der Waals surface area (Å²) in [6.07, 6.45) is -2.91. The number of nitrogens with two attached hydrogens (primary N) is 1. The van der Waals surface area contributed by atoms with Crippen molar-refractivity contribution in [2.24, 2.45) is 11.7 Å². The largest absolute Gasteiger partial charge is 0.417 e. The Bertz CT molecular complexity index is 589. The smallest absolute Gasteiger partial charge is 0.368 e. The van der Waals surface area contributed by atoms with E-state index in [2.05, 4.69) is 10.3 Å². The fraction of sp³-hybridized carbons (Fsp3) is 0.625. The average Bonchev–Trinajstić information content (AvgIpc) is 2.52. The van der Waals surface area contributed by atoms with Gasteiger partial charge in [0, 0.05) is 38.8 Å². The fourth-order valence-electron chi connectivity index (χ4n) is 2.00. The SMILES string of the molecule is CC(C)C(N)CCN(C)C(=O)CCNc1ncc(C(F)(F)F)cc1Cl.Cl.Cl. The third-order valence-electron chi connectivity index (χ3n) is 3.88. The van der Waals surface area contributed by atoms with Gasteiger partial charge in [-0.25, -0.2) is 4.98 Å². The number of anilines is 1. The van der Waals surface area contributed by atoms with Gasteiger partial charge in [-0.3, -0.25) is 4.79 Å². The highest BCUT2D eigenvalue weighted by Crippen LogP contribution is 2.32. The van der Waals surface area contributed by atoms with Gasteiger partial charge in [-0.1, -0.05) is 25.4 Å². The molecule has 0 spiro atoms. The maximum atomic E-state index is 12.5. The van der Waals surface area contributed by atoms with E-state index in [1.54, 1.807) is 11.9 Å². The molecule has 0 aliphatic rings. The molecule has 0 fully saturated rings. The number of hydrogen-bond acceptors (Lipinski definition) is 4. The summed E-state index contributed by atoms with van der Waals surface area (Å²) < 4.78 is 37.6. The molecule has 0 saturated carbocycles. The number of nitrogens with one attached hydrogen (secondary N) is 1. The second-order valence-electron chi connectivity index (χ2n) is 6.24. The van der Waals surface area contributed by atoms with Gasteiger partial charge < -0.3 is 16.0 Å². The molecule has 1 unspecified atom stereocenters. The molecule has 1 heterocycles. The first-order valence-corrected chi connectivity index (χ1v) is 8.36. The Hall–Kier alpha value is -0.960. The molecular weight excluding hydrogens is 428 g/mol. The minimum atomic E-state index is -4.50. The highest BCUT2D eigenvalue weighted by molar-refractivity contribution is 6.32. The molecule has 27 heavy (non-hydrogen) atoms. The van der Waals surface area contributed by atoms with Crippen molar-refractivity contribution < 1.29 is 18.0 Å². The van der Waals surface area contributed by atoms with Crippen molar-refractivity contribution in [1.82, 2.24) is 9.88 Å². The molecule has 158 valence electrons. The van der Waals surface area contributed by atoms with Crippen molar-refractivity contribution in [2.75, 3.05) is 25.5 Å². The van der Waals surface area contributed by atoms with E-state index in [4.69, 9.17) is 17.3 Å². The van der Waals surface area contributed by atoms with E-state index < -0.39 is 11.7 Å². The fourth-order valence-corrected chi connectivity index (χ4v) is 2.24. The summed E-state index contributed by atoms with van der Waals surface area (Å²) in [6, 6.07) is 0.835. The maximum absolute atomic E-state index is 12.5. The van der Waals surface area contributed by atoms with E-state index in [9.17, 15) is 18.0 Å². The third kappa shape index (κ3) is 9.69. The van der Waals surface area contributed by atoms with E-state index in [1.807, 2.05) is 13.8 Å². The van der Waals surface area contributed by atoms with Gasteiger partial charge in [-0.15, -0.1) is 24.8 Å². The van der Waals surface area contributed by atoms with E-state index in [1.165, 1.54) is 0 Å². The van der Waals surface area contributed by atoms with E-state index in [0.29, 0.717) is 25.1 Å². The van der Waals surface area contributed by atoms with Gasteiger partial charge in [0.15, 0.2) is 0 Å². The summed E-state index contributed by atoms with van der Waals surface area (Å²) in [7, 11) is 1.69. The van der Waals surface area contributed by atoms with Crippen LogP contribution in [-0.2, 0) is 11.0 Å². The van der Waals surface area contributed by atoms with E-state index in [0.717, 1.165) is 6.07 Å². The average molecular weight is 454 g/mol. The standard InChI is InChI=1S/C16H24ClF3N4O.2ClH/c1-10(2)13(21)5-7-24(3)14(25)4-6-22-15-12(17)8-11(9-23-15)16(18,19)20;;/h8-10,13H,4-7,21H2,1-3H3,(H,22,23);2*1H. The lowest BCUT2D eigenvalue weighted by atomic mass is 10.0. The summed E-state index contributed by atoms with van der Waals surface area (Å²) in [5, 5.41) is 2.64. The van der Waals surface area contributed by atoms with Crippen LogP contribution in [0.1, 0.15) is 32.3 Å². The molecule has 0 aromatic carbocycles. The first-order valence-electron chi connectivity index (χ1n) is 7.98. The van der Waals surface area contributed by atoms with Gasteiger partial charge in [-0.05, 0) is 18.4 Å². The van der Waals surface area contributed by atoms with E-state index in [-0.39, 0.29) is 60.6 Å². The number of halogens is 6. The number of nitrogens with zero attached hydrogens (tertiary/aromatic N) is 2. The van der Waals surface area contributed by atoms with Gasteiger partial charge in [0.1, 0.15) is 5.82 Å². The predicted molar refractivity (Wildman–Crippen MR) is 107 cm³/mol. The van der Waals surface area contributed by atoms with Crippen LogP contribution < -0.4 is 11.1 Å². The molecule has 0 aliphatic carbocycles. The summed E-state index contributed by atoms with van der Waals surface area (Å²) in [5.74, 6) is 0.372. The summed E-state index contributed by atoms with van der Waals surface area (Å²) in [4.78, 5) is 17.3. The Morgan fingerprint density at radius 1 is 1.37 bits per heavy atom. The third-order valence-corrected chi connectivity index (χ3v) is 4.17. The molecule has 0 bridgehead atoms. The lowest BCUT2D eigenvalue weighted by Crippen LogP contribution is -2.35. The molecule has 0 saturated heterocycles. The molecular formula is C16H26Cl3F3N4O. The van der Waals surface area contributed by atoms with Crippen molar-refractivity contribution in [3.63, 3.8) is 0 Å². The molecule has 1 amide bonds. The zero-order valence-corrected chi connectivity index (χ0v) is 17.7. The van der Waals surface area contributed by atoms with Crippen LogP contribution in [0.3, 0.4) is 0 Å².